The second-order valence-corrected chi connectivity index (χ2v) is 9.07. The standard InChI is InChI=1S/C23H26F3N7O/c1-32-13-15(12-29-32)19-5-2-14-11-28-21(10-20(14)30-19)31-22(34)33-17-3-4-18(33)9-16(8-17)27-7-6-23(24,25)26/h2,5,10-13,16-18,27H,3-4,6-9H2,1H3,(H,28,31,34). The molecule has 2 unspecified atom stereocenters. The lowest BCUT2D eigenvalue weighted by molar-refractivity contribution is -0.133. The van der Waals surface area contributed by atoms with Gasteiger partial charge in [-0.15, -0.1) is 0 Å². The number of aromatic nitrogens is 4. The molecule has 5 heterocycles. The molecule has 0 aliphatic carbocycles. The summed E-state index contributed by atoms with van der Waals surface area (Å²) in [5, 5.41) is 11.0. The molecule has 180 valence electrons. The maximum atomic E-state index is 13.1. The molecule has 0 spiro atoms. The van der Waals surface area contributed by atoms with Crippen LogP contribution in [0.1, 0.15) is 32.1 Å². The number of carbonyl (C=O) groups is 1. The largest absolute Gasteiger partial charge is 0.390 e. The van der Waals surface area contributed by atoms with E-state index >= 15 is 0 Å². The predicted octanol–water partition coefficient (Wildman–Crippen LogP) is 4.10. The smallest absolute Gasteiger partial charge is 0.318 e. The number of alkyl halides is 3. The topological polar surface area (TPSA) is 88.0 Å². The Hall–Kier alpha value is -3.21. The second-order valence-electron chi connectivity index (χ2n) is 9.07. The lowest BCUT2D eigenvalue weighted by Crippen LogP contribution is -2.53. The summed E-state index contributed by atoms with van der Waals surface area (Å²) in [7, 11) is 1.84. The van der Waals surface area contributed by atoms with Crippen molar-refractivity contribution in [2.75, 3.05) is 11.9 Å². The summed E-state index contributed by atoms with van der Waals surface area (Å²) in [4.78, 5) is 24.0. The fourth-order valence-corrected chi connectivity index (χ4v) is 5.07. The van der Waals surface area contributed by atoms with Crippen molar-refractivity contribution < 1.29 is 18.0 Å². The van der Waals surface area contributed by atoms with E-state index in [1.165, 1.54) is 0 Å². The Labute approximate surface area is 194 Å². The monoisotopic (exact) mass is 473 g/mol. The minimum absolute atomic E-state index is 0.00205. The van der Waals surface area contributed by atoms with Crippen molar-refractivity contribution >= 4 is 22.8 Å². The van der Waals surface area contributed by atoms with Gasteiger partial charge >= 0.3 is 12.2 Å². The third-order valence-electron chi connectivity index (χ3n) is 6.62. The highest BCUT2D eigenvalue weighted by atomic mass is 19.4. The van der Waals surface area contributed by atoms with Crippen molar-refractivity contribution in [3.8, 4) is 11.3 Å². The molecule has 5 rings (SSSR count). The Kier molecular flexibility index (Phi) is 5.88. The van der Waals surface area contributed by atoms with Gasteiger partial charge in [0.25, 0.3) is 0 Å². The second kappa shape index (κ2) is 8.86. The molecule has 2 N–H and O–H groups in total. The number of pyridine rings is 2. The summed E-state index contributed by atoms with van der Waals surface area (Å²) in [5.74, 6) is 0.415. The van der Waals surface area contributed by atoms with Crippen LogP contribution in [0.4, 0.5) is 23.8 Å². The highest BCUT2D eigenvalue weighted by molar-refractivity contribution is 5.91. The summed E-state index contributed by atoms with van der Waals surface area (Å²) in [6, 6.07) is 5.38. The average molecular weight is 474 g/mol. The van der Waals surface area contributed by atoms with Crippen LogP contribution in [0.5, 0.6) is 0 Å². The van der Waals surface area contributed by atoms with Gasteiger partial charge in [-0.25, -0.2) is 14.8 Å². The zero-order valence-corrected chi connectivity index (χ0v) is 18.7. The molecule has 8 nitrogen and oxygen atoms in total. The summed E-state index contributed by atoms with van der Waals surface area (Å²) in [5.41, 5.74) is 2.39. The minimum Gasteiger partial charge on any atom is -0.318 e. The molecule has 0 radical (unpaired) electrons. The van der Waals surface area contributed by atoms with Gasteiger partial charge < -0.3 is 10.2 Å². The van der Waals surface area contributed by atoms with E-state index in [1.807, 2.05) is 30.3 Å². The van der Waals surface area contributed by atoms with Gasteiger partial charge in [0.05, 0.1) is 23.8 Å². The number of hydrogen-bond donors (Lipinski definition) is 2. The number of halogens is 3. The molecule has 3 aromatic heterocycles. The van der Waals surface area contributed by atoms with Gasteiger partial charge in [0.15, 0.2) is 0 Å². The summed E-state index contributed by atoms with van der Waals surface area (Å²) in [6.45, 7) is -0.0884. The van der Waals surface area contributed by atoms with Crippen LogP contribution in [0.3, 0.4) is 0 Å². The Morgan fingerprint density at radius 1 is 1.18 bits per heavy atom. The number of fused-ring (bicyclic) bond motifs is 3. The fourth-order valence-electron chi connectivity index (χ4n) is 5.07. The number of nitrogens with zero attached hydrogens (tertiary/aromatic N) is 5. The van der Waals surface area contributed by atoms with Crippen LogP contribution < -0.4 is 10.6 Å². The number of amides is 2. The molecule has 0 aromatic carbocycles. The van der Waals surface area contributed by atoms with E-state index < -0.39 is 12.6 Å². The van der Waals surface area contributed by atoms with E-state index in [4.69, 9.17) is 4.98 Å². The normalized spacial score (nSPS) is 22.4. The number of piperidine rings is 1. The third kappa shape index (κ3) is 4.84. The fraction of sp³-hybridized carbons (Fsp3) is 0.478. The van der Waals surface area contributed by atoms with E-state index in [9.17, 15) is 18.0 Å². The maximum Gasteiger partial charge on any atom is 0.390 e. The Balaban J connectivity index is 1.25. The van der Waals surface area contributed by atoms with Crippen LogP contribution in [-0.4, -0.2) is 61.5 Å². The molecule has 3 aromatic rings. The summed E-state index contributed by atoms with van der Waals surface area (Å²) in [6.07, 6.45) is 3.33. The van der Waals surface area contributed by atoms with Gasteiger partial charge in [0.1, 0.15) is 5.82 Å². The van der Waals surface area contributed by atoms with Gasteiger partial charge in [-0.05, 0) is 37.8 Å². The third-order valence-corrected chi connectivity index (χ3v) is 6.62. The maximum absolute atomic E-state index is 13.1. The number of rotatable bonds is 5. The first kappa shape index (κ1) is 22.6. The van der Waals surface area contributed by atoms with Gasteiger partial charge in [0, 0.05) is 61.1 Å². The SMILES string of the molecule is Cn1cc(-c2ccc3cnc(NC(=O)N4C5CCC4CC(NCCC(F)(F)F)C5)cc3n2)cn1. The zero-order chi connectivity index (χ0) is 23.9. The van der Waals surface area contributed by atoms with Gasteiger partial charge in [0.2, 0.25) is 0 Å². The lowest BCUT2D eigenvalue weighted by Gasteiger charge is -2.39. The van der Waals surface area contributed by atoms with Crippen molar-refractivity contribution in [3.63, 3.8) is 0 Å². The van der Waals surface area contributed by atoms with Gasteiger partial charge in [-0.1, -0.05) is 0 Å². The molecule has 2 aliphatic rings. The van der Waals surface area contributed by atoms with Crippen molar-refractivity contribution in [2.45, 2.75) is 56.4 Å². The number of urea groups is 1. The van der Waals surface area contributed by atoms with Crippen LogP contribution in [0, 0.1) is 0 Å². The molecule has 2 aliphatic heterocycles. The Morgan fingerprint density at radius 2 is 1.94 bits per heavy atom. The molecule has 0 saturated carbocycles. The van der Waals surface area contributed by atoms with E-state index in [0.29, 0.717) is 24.2 Å². The van der Waals surface area contributed by atoms with Crippen LogP contribution >= 0.6 is 0 Å². The highest BCUT2D eigenvalue weighted by Crippen LogP contribution is 2.36. The van der Waals surface area contributed by atoms with Crippen molar-refractivity contribution in [3.05, 3.63) is 36.8 Å². The summed E-state index contributed by atoms with van der Waals surface area (Å²) >= 11 is 0. The number of anilines is 1. The van der Waals surface area contributed by atoms with Gasteiger partial charge in [-0.3, -0.25) is 10.00 Å². The number of aryl methyl sites for hydroxylation is 1. The molecule has 11 heteroatoms. The van der Waals surface area contributed by atoms with Crippen LogP contribution in [0.2, 0.25) is 0 Å². The quantitative estimate of drug-likeness (QED) is 0.583. The average Bonchev–Trinajstić information content (AvgIpc) is 3.33. The molecule has 2 fully saturated rings. The van der Waals surface area contributed by atoms with Crippen molar-refractivity contribution in [1.82, 2.24) is 30.0 Å². The Morgan fingerprint density at radius 3 is 2.62 bits per heavy atom. The molecule has 34 heavy (non-hydrogen) atoms. The van der Waals surface area contributed by atoms with Crippen LogP contribution in [-0.2, 0) is 7.05 Å². The minimum atomic E-state index is -4.16. The first-order valence-electron chi connectivity index (χ1n) is 11.4. The number of hydrogen-bond acceptors (Lipinski definition) is 5. The van der Waals surface area contributed by atoms with E-state index in [2.05, 4.69) is 20.7 Å². The molecule has 2 saturated heterocycles. The van der Waals surface area contributed by atoms with E-state index in [1.54, 1.807) is 23.1 Å². The molecular formula is C23H26F3N7O. The summed E-state index contributed by atoms with van der Waals surface area (Å²) < 4.78 is 39.0. The van der Waals surface area contributed by atoms with E-state index in [-0.39, 0.29) is 30.7 Å². The van der Waals surface area contributed by atoms with Crippen molar-refractivity contribution in [2.24, 2.45) is 7.05 Å². The highest BCUT2D eigenvalue weighted by Gasteiger charge is 2.43. The first-order valence-corrected chi connectivity index (χ1v) is 11.4. The number of nitrogens with one attached hydrogen (secondary N) is 2. The molecule has 2 bridgehead atoms. The molecule has 2 atom stereocenters. The lowest BCUT2D eigenvalue weighted by atomic mass is 9.97. The van der Waals surface area contributed by atoms with Crippen LogP contribution in [0.15, 0.2) is 36.8 Å². The molecule has 2 amide bonds. The van der Waals surface area contributed by atoms with Gasteiger partial charge in [-0.2, -0.15) is 18.3 Å². The van der Waals surface area contributed by atoms with Crippen LogP contribution in [0.25, 0.3) is 22.2 Å². The zero-order valence-electron chi connectivity index (χ0n) is 18.7. The van der Waals surface area contributed by atoms with E-state index in [0.717, 1.165) is 29.5 Å². The Bertz CT molecular complexity index is 1180. The first-order chi connectivity index (χ1) is 16.2. The molecular weight excluding hydrogens is 447 g/mol. The predicted molar refractivity (Wildman–Crippen MR) is 121 cm³/mol. The number of carbonyl (C=O) groups excluding carboxylic acids is 1. The van der Waals surface area contributed by atoms with Crippen molar-refractivity contribution in [1.29, 1.82) is 0 Å².